The third-order valence-corrected chi connectivity index (χ3v) is 1.87. The number of ether oxygens (including phenoxy) is 2. The summed E-state index contributed by atoms with van der Waals surface area (Å²) in [6, 6.07) is 1.61. The van der Waals surface area contributed by atoms with E-state index in [1.165, 1.54) is 0 Å². The molecule has 18 heavy (non-hydrogen) atoms. The lowest BCUT2D eigenvalue weighted by Gasteiger charge is -2.06. The van der Waals surface area contributed by atoms with Crippen molar-refractivity contribution in [3.8, 4) is 5.88 Å². The van der Waals surface area contributed by atoms with Gasteiger partial charge in [-0.3, -0.25) is 4.79 Å². The van der Waals surface area contributed by atoms with E-state index < -0.39 is 0 Å². The fourth-order valence-corrected chi connectivity index (χ4v) is 1.11. The number of amides is 1. The average Bonchev–Trinajstić information content (AvgIpc) is 2.71. The van der Waals surface area contributed by atoms with E-state index in [0.29, 0.717) is 31.4 Å². The van der Waals surface area contributed by atoms with Crippen molar-refractivity contribution >= 4 is 5.91 Å². The Kier molecular flexibility index (Phi) is 5.93. The molecule has 1 aromatic heterocycles. The molecule has 6 heteroatoms. The van der Waals surface area contributed by atoms with Gasteiger partial charge in [0.2, 0.25) is 0 Å². The number of aromatic nitrogens is 1. The van der Waals surface area contributed by atoms with Gasteiger partial charge in [-0.25, -0.2) is 0 Å². The first-order valence-corrected chi connectivity index (χ1v) is 5.63. The minimum Gasteiger partial charge on any atom is -0.465 e. The number of carbonyl (C=O) groups excluding carboxylic acids is 1. The summed E-state index contributed by atoms with van der Waals surface area (Å²) in [7, 11) is 0. The van der Waals surface area contributed by atoms with Crippen LogP contribution in [0.4, 0.5) is 0 Å². The molecule has 1 aromatic rings. The van der Waals surface area contributed by atoms with Crippen molar-refractivity contribution in [1.82, 2.24) is 10.5 Å². The summed E-state index contributed by atoms with van der Waals surface area (Å²) < 4.78 is 15.1. The van der Waals surface area contributed by atoms with Gasteiger partial charge >= 0.3 is 0 Å². The van der Waals surface area contributed by atoms with Gasteiger partial charge in [-0.15, -0.1) is 0 Å². The van der Waals surface area contributed by atoms with Gasteiger partial charge in [-0.1, -0.05) is 12.2 Å². The Balaban J connectivity index is 2.05. The molecule has 1 amide bonds. The third kappa shape index (κ3) is 6.05. The highest BCUT2D eigenvalue weighted by atomic mass is 16.5. The van der Waals surface area contributed by atoms with Crippen LogP contribution in [-0.4, -0.2) is 37.4 Å². The summed E-state index contributed by atoms with van der Waals surface area (Å²) in [6.45, 7) is 8.63. The van der Waals surface area contributed by atoms with Gasteiger partial charge in [-0.2, -0.15) is 0 Å². The SMILES string of the molecule is C=C(C)COCCNC(=O)COc1cc(C)on1. The quantitative estimate of drug-likeness (QED) is 0.555. The zero-order chi connectivity index (χ0) is 13.4. The molecule has 0 unspecified atom stereocenters. The lowest BCUT2D eigenvalue weighted by molar-refractivity contribution is -0.123. The van der Waals surface area contributed by atoms with E-state index in [1.807, 2.05) is 6.92 Å². The van der Waals surface area contributed by atoms with Crippen molar-refractivity contribution in [3.63, 3.8) is 0 Å². The molecular weight excluding hydrogens is 236 g/mol. The maximum atomic E-state index is 11.4. The van der Waals surface area contributed by atoms with Crippen LogP contribution in [0.3, 0.4) is 0 Å². The van der Waals surface area contributed by atoms with E-state index in [-0.39, 0.29) is 12.5 Å². The summed E-state index contributed by atoms with van der Waals surface area (Å²) in [6.07, 6.45) is 0. The molecular formula is C12H18N2O4. The Bertz CT molecular complexity index is 401. The van der Waals surface area contributed by atoms with Crippen LogP contribution in [-0.2, 0) is 9.53 Å². The standard InChI is InChI=1S/C12H18N2O4/c1-9(2)7-16-5-4-13-11(15)8-17-12-6-10(3)18-14-12/h6H,1,4-5,7-8H2,2-3H3,(H,13,15). The van der Waals surface area contributed by atoms with Crippen LogP contribution in [0.2, 0.25) is 0 Å². The van der Waals surface area contributed by atoms with E-state index in [1.54, 1.807) is 13.0 Å². The third-order valence-electron chi connectivity index (χ3n) is 1.87. The smallest absolute Gasteiger partial charge is 0.258 e. The second kappa shape index (κ2) is 7.50. The van der Waals surface area contributed by atoms with Gasteiger partial charge in [0.05, 0.1) is 13.2 Å². The fourth-order valence-electron chi connectivity index (χ4n) is 1.11. The molecule has 1 N–H and O–H groups in total. The Morgan fingerprint density at radius 2 is 2.33 bits per heavy atom. The molecule has 0 saturated carbocycles. The van der Waals surface area contributed by atoms with Gasteiger partial charge in [0.15, 0.2) is 6.61 Å². The number of rotatable bonds is 8. The van der Waals surface area contributed by atoms with Crippen molar-refractivity contribution in [3.05, 3.63) is 24.0 Å². The molecule has 0 aliphatic rings. The van der Waals surface area contributed by atoms with Crippen molar-refractivity contribution in [2.45, 2.75) is 13.8 Å². The maximum Gasteiger partial charge on any atom is 0.258 e. The second-order valence-electron chi connectivity index (χ2n) is 3.92. The Morgan fingerprint density at radius 1 is 1.56 bits per heavy atom. The minimum atomic E-state index is -0.227. The first-order valence-electron chi connectivity index (χ1n) is 5.63. The molecule has 0 radical (unpaired) electrons. The number of nitrogens with one attached hydrogen (secondary N) is 1. The molecule has 1 rings (SSSR count). The maximum absolute atomic E-state index is 11.4. The molecule has 6 nitrogen and oxygen atoms in total. The van der Waals surface area contributed by atoms with Gasteiger partial charge in [0.1, 0.15) is 5.76 Å². The molecule has 1 heterocycles. The van der Waals surface area contributed by atoms with Crippen LogP contribution in [0.5, 0.6) is 5.88 Å². The largest absolute Gasteiger partial charge is 0.465 e. The monoisotopic (exact) mass is 254 g/mol. The highest BCUT2D eigenvalue weighted by Gasteiger charge is 2.05. The van der Waals surface area contributed by atoms with Crippen molar-refractivity contribution < 1.29 is 18.8 Å². The number of nitrogens with zero attached hydrogens (tertiary/aromatic N) is 1. The number of aryl methyl sites for hydroxylation is 1. The Morgan fingerprint density at radius 3 is 2.94 bits per heavy atom. The predicted molar refractivity (Wildman–Crippen MR) is 65.4 cm³/mol. The van der Waals surface area contributed by atoms with Crippen LogP contribution in [0.15, 0.2) is 22.7 Å². The van der Waals surface area contributed by atoms with Crippen LogP contribution >= 0.6 is 0 Å². The Hall–Kier alpha value is -1.82. The van der Waals surface area contributed by atoms with E-state index in [4.69, 9.17) is 14.0 Å². The summed E-state index contributed by atoms with van der Waals surface area (Å²) in [4.78, 5) is 11.4. The molecule has 0 aliphatic carbocycles. The topological polar surface area (TPSA) is 73.6 Å². The molecule has 0 aromatic carbocycles. The number of hydrogen-bond donors (Lipinski definition) is 1. The average molecular weight is 254 g/mol. The first kappa shape index (κ1) is 14.2. The summed E-state index contributed by atoms with van der Waals surface area (Å²) >= 11 is 0. The van der Waals surface area contributed by atoms with E-state index >= 15 is 0 Å². The second-order valence-corrected chi connectivity index (χ2v) is 3.92. The van der Waals surface area contributed by atoms with Gasteiger partial charge in [-0.05, 0) is 19.0 Å². The van der Waals surface area contributed by atoms with E-state index in [9.17, 15) is 4.79 Å². The van der Waals surface area contributed by atoms with Crippen LogP contribution in [0.1, 0.15) is 12.7 Å². The molecule has 0 bridgehead atoms. The summed E-state index contributed by atoms with van der Waals surface area (Å²) in [5.74, 6) is 0.717. The van der Waals surface area contributed by atoms with Gasteiger partial charge in [0, 0.05) is 12.6 Å². The number of carbonyl (C=O) groups is 1. The molecule has 100 valence electrons. The summed E-state index contributed by atoms with van der Waals surface area (Å²) in [5, 5.41) is 6.26. The molecule has 0 spiro atoms. The normalized spacial score (nSPS) is 10.1. The first-order chi connectivity index (χ1) is 8.58. The van der Waals surface area contributed by atoms with E-state index in [0.717, 1.165) is 5.57 Å². The van der Waals surface area contributed by atoms with Crippen molar-refractivity contribution in [1.29, 1.82) is 0 Å². The zero-order valence-electron chi connectivity index (χ0n) is 10.7. The van der Waals surface area contributed by atoms with Crippen LogP contribution in [0, 0.1) is 6.92 Å². The van der Waals surface area contributed by atoms with Crippen LogP contribution < -0.4 is 10.1 Å². The highest BCUT2D eigenvalue weighted by Crippen LogP contribution is 2.09. The minimum absolute atomic E-state index is 0.0908. The van der Waals surface area contributed by atoms with Gasteiger partial charge < -0.3 is 19.3 Å². The predicted octanol–water partition coefficient (Wildman–Crippen LogP) is 1.07. The molecule has 0 saturated heterocycles. The number of hydrogen-bond acceptors (Lipinski definition) is 5. The zero-order valence-corrected chi connectivity index (χ0v) is 10.7. The highest BCUT2D eigenvalue weighted by molar-refractivity contribution is 5.77. The molecule has 0 aliphatic heterocycles. The summed E-state index contributed by atoms with van der Waals surface area (Å²) in [5.41, 5.74) is 0.950. The fraction of sp³-hybridized carbons (Fsp3) is 0.500. The van der Waals surface area contributed by atoms with Crippen molar-refractivity contribution in [2.24, 2.45) is 0 Å². The molecule has 0 atom stereocenters. The van der Waals surface area contributed by atoms with E-state index in [2.05, 4.69) is 17.1 Å². The lowest BCUT2D eigenvalue weighted by Crippen LogP contribution is -2.31. The lowest BCUT2D eigenvalue weighted by atomic mass is 10.4. The van der Waals surface area contributed by atoms with Crippen LogP contribution in [0.25, 0.3) is 0 Å². The van der Waals surface area contributed by atoms with Gasteiger partial charge in [0.25, 0.3) is 11.8 Å². The molecule has 0 fully saturated rings. The Labute approximate surface area is 106 Å². The van der Waals surface area contributed by atoms with Crippen molar-refractivity contribution in [2.75, 3.05) is 26.4 Å².